The smallest absolute Gasteiger partial charge is 0.160 e. The van der Waals surface area contributed by atoms with Crippen molar-refractivity contribution in [2.75, 3.05) is 0 Å². The van der Waals surface area contributed by atoms with Gasteiger partial charge in [0.15, 0.2) is 23.0 Å². The van der Waals surface area contributed by atoms with Gasteiger partial charge < -0.3 is 15.5 Å². The molecule has 0 aliphatic heterocycles. The highest BCUT2D eigenvalue weighted by atomic mass is 16.3. The van der Waals surface area contributed by atoms with E-state index < -0.39 is 0 Å². The van der Waals surface area contributed by atoms with E-state index in [-0.39, 0.29) is 17.5 Å². The maximum Gasteiger partial charge on any atom is 0.160 e. The molecule has 6 heteroatoms. The molecule has 3 rings (SSSR count). The van der Waals surface area contributed by atoms with Gasteiger partial charge in [0.1, 0.15) is 0 Å². The Labute approximate surface area is 121 Å². The monoisotopic (exact) mass is 284 g/mol. The summed E-state index contributed by atoms with van der Waals surface area (Å²) in [6.45, 7) is 2.56. The van der Waals surface area contributed by atoms with Gasteiger partial charge in [0.2, 0.25) is 0 Å². The zero-order chi connectivity index (χ0) is 14.8. The first-order valence-electron chi connectivity index (χ1n) is 6.69. The van der Waals surface area contributed by atoms with Gasteiger partial charge in [-0.2, -0.15) is 0 Å². The molecule has 3 N–H and O–H groups in total. The molecule has 3 aromatic rings. The lowest BCUT2D eigenvalue weighted by Crippen LogP contribution is -2.20. The Hall–Kier alpha value is -2.60. The molecule has 0 amide bonds. The molecular formula is C15H16N4O2. The van der Waals surface area contributed by atoms with Gasteiger partial charge in [0, 0.05) is 12.7 Å². The van der Waals surface area contributed by atoms with Gasteiger partial charge in [-0.15, -0.1) is 10.2 Å². The average molecular weight is 284 g/mol. The van der Waals surface area contributed by atoms with E-state index in [1.54, 1.807) is 6.07 Å². The summed E-state index contributed by atoms with van der Waals surface area (Å²) in [6.07, 6.45) is 1.93. The van der Waals surface area contributed by atoms with Gasteiger partial charge in [-0.1, -0.05) is 12.1 Å². The van der Waals surface area contributed by atoms with Crippen LogP contribution in [0.15, 0.2) is 42.6 Å². The minimum Gasteiger partial charge on any atom is -0.504 e. The Balaban J connectivity index is 1.74. The molecule has 0 radical (unpaired) electrons. The third kappa shape index (κ3) is 2.66. The molecular weight excluding hydrogens is 268 g/mol. The molecule has 0 aliphatic rings. The number of phenolic OH excluding ortho intramolecular Hbond substituents is 2. The van der Waals surface area contributed by atoms with E-state index in [1.165, 1.54) is 12.1 Å². The number of rotatable bonds is 4. The maximum absolute atomic E-state index is 9.49. The van der Waals surface area contributed by atoms with Crippen molar-refractivity contribution in [1.29, 1.82) is 0 Å². The second kappa shape index (κ2) is 5.41. The lowest BCUT2D eigenvalue weighted by atomic mass is 10.2. The zero-order valence-corrected chi connectivity index (χ0v) is 11.6. The van der Waals surface area contributed by atoms with E-state index in [2.05, 4.69) is 15.5 Å². The van der Waals surface area contributed by atoms with E-state index >= 15 is 0 Å². The van der Waals surface area contributed by atoms with Crippen LogP contribution in [0, 0.1) is 0 Å². The number of nitrogens with zero attached hydrogens (tertiary/aromatic N) is 3. The number of aromatic nitrogens is 3. The fourth-order valence-corrected chi connectivity index (χ4v) is 2.20. The number of hydrogen-bond donors (Lipinski definition) is 3. The minimum atomic E-state index is -0.116. The predicted octanol–water partition coefficient (Wildman–Crippen LogP) is 1.99. The van der Waals surface area contributed by atoms with Crippen molar-refractivity contribution >= 4 is 5.65 Å². The number of fused-ring (bicyclic) bond motifs is 1. The summed E-state index contributed by atoms with van der Waals surface area (Å²) in [6, 6.07) is 10.5. The van der Waals surface area contributed by atoms with E-state index in [4.69, 9.17) is 0 Å². The topological polar surface area (TPSA) is 82.7 Å². The number of hydrogen-bond acceptors (Lipinski definition) is 5. The summed E-state index contributed by atoms with van der Waals surface area (Å²) in [4.78, 5) is 0. The number of aromatic hydroxyl groups is 2. The van der Waals surface area contributed by atoms with Crippen LogP contribution in [-0.4, -0.2) is 24.8 Å². The van der Waals surface area contributed by atoms with Gasteiger partial charge in [-0.3, -0.25) is 4.40 Å². The highest BCUT2D eigenvalue weighted by Crippen LogP contribution is 2.25. The number of pyridine rings is 1. The third-order valence-corrected chi connectivity index (χ3v) is 3.38. The Morgan fingerprint density at radius 3 is 2.81 bits per heavy atom. The molecule has 1 atom stereocenters. The van der Waals surface area contributed by atoms with Gasteiger partial charge in [0.05, 0.1) is 6.04 Å². The van der Waals surface area contributed by atoms with Crippen LogP contribution in [-0.2, 0) is 6.54 Å². The molecule has 108 valence electrons. The van der Waals surface area contributed by atoms with Crippen molar-refractivity contribution in [3.8, 4) is 11.5 Å². The molecule has 2 heterocycles. The summed E-state index contributed by atoms with van der Waals surface area (Å²) < 4.78 is 1.94. The van der Waals surface area contributed by atoms with Crippen molar-refractivity contribution in [2.24, 2.45) is 0 Å². The van der Waals surface area contributed by atoms with Gasteiger partial charge in [0.25, 0.3) is 0 Å². The highest BCUT2D eigenvalue weighted by molar-refractivity contribution is 5.40. The Bertz CT molecular complexity index is 769. The van der Waals surface area contributed by atoms with Crippen molar-refractivity contribution in [3.63, 3.8) is 0 Å². The summed E-state index contributed by atoms with van der Waals surface area (Å²) in [5.74, 6) is 0.596. The first kappa shape index (κ1) is 13.4. The van der Waals surface area contributed by atoms with Crippen molar-refractivity contribution in [3.05, 3.63) is 54.0 Å². The van der Waals surface area contributed by atoms with E-state index in [9.17, 15) is 10.2 Å². The molecule has 21 heavy (non-hydrogen) atoms. The molecule has 2 aromatic heterocycles. The van der Waals surface area contributed by atoms with Crippen molar-refractivity contribution in [2.45, 2.75) is 19.5 Å². The second-order valence-corrected chi connectivity index (χ2v) is 4.91. The SMILES string of the molecule is CC(NCc1ccc(O)c(O)c1)c1nnc2ccccn12. The average Bonchev–Trinajstić information content (AvgIpc) is 2.92. The standard InChI is InChI=1S/C15H16N4O2/c1-10(15-18-17-14-4-2-3-7-19(14)15)16-9-11-5-6-12(20)13(21)8-11/h2-8,10,16,20-21H,9H2,1H3. The number of benzene rings is 1. The van der Waals surface area contributed by atoms with Crippen LogP contribution in [0.3, 0.4) is 0 Å². The van der Waals surface area contributed by atoms with Gasteiger partial charge in [-0.25, -0.2) is 0 Å². The van der Waals surface area contributed by atoms with Crippen molar-refractivity contribution in [1.82, 2.24) is 19.9 Å². The molecule has 0 saturated heterocycles. The van der Waals surface area contributed by atoms with E-state index in [0.29, 0.717) is 6.54 Å². The number of phenols is 2. The zero-order valence-electron chi connectivity index (χ0n) is 11.6. The Kier molecular flexibility index (Phi) is 3.45. The van der Waals surface area contributed by atoms with Crippen LogP contribution in [0.4, 0.5) is 0 Å². The Morgan fingerprint density at radius 2 is 2.00 bits per heavy atom. The summed E-state index contributed by atoms with van der Waals surface area (Å²) in [7, 11) is 0. The van der Waals surface area contributed by atoms with E-state index in [0.717, 1.165) is 17.0 Å². The lowest BCUT2D eigenvalue weighted by Gasteiger charge is -2.12. The quantitative estimate of drug-likeness (QED) is 0.638. The fraction of sp³-hybridized carbons (Fsp3) is 0.200. The van der Waals surface area contributed by atoms with Crippen molar-refractivity contribution < 1.29 is 10.2 Å². The molecule has 0 aliphatic carbocycles. The molecule has 0 spiro atoms. The van der Waals surface area contributed by atoms with Crippen LogP contribution in [0.1, 0.15) is 24.4 Å². The largest absolute Gasteiger partial charge is 0.504 e. The normalized spacial score (nSPS) is 12.6. The predicted molar refractivity (Wildman–Crippen MR) is 78.0 cm³/mol. The first-order chi connectivity index (χ1) is 10.1. The molecule has 0 fully saturated rings. The first-order valence-corrected chi connectivity index (χ1v) is 6.69. The Morgan fingerprint density at radius 1 is 1.14 bits per heavy atom. The molecule has 6 nitrogen and oxygen atoms in total. The number of nitrogens with one attached hydrogen (secondary N) is 1. The maximum atomic E-state index is 9.49. The highest BCUT2D eigenvalue weighted by Gasteiger charge is 2.12. The van der Waals surface area contributed by atoms with E-state index in [1.807, 2.05) is 35.7 Å². The minimum absolute atomic E-state index is 0.00153. The summed E-state index contributed by atoms with van der Waals surface area (Å²) in [5.41, 5.74) is 1.69. The summed E-state index contributed by atoms with van der Waals surface area (Å²) in [5, 5.41) is 30.4. The van der Waals surface area contributed by atoms with Crippen LogP contribution >= 0.6 is 0 Å². The molecule has 0 saturated carbocycles. The van der Waals surface area contributed by atoms with Crippen LogP contribution in [0.5, 0.6) is 11.5 Å². The van der Waals surface area contributed by atoms with Gasteiger partial charge in [-0.05, 0) is 36.8 Å². The van der Waals surface area contributed by atoms with Crippen LogP contribution in [0.2, 0.25) is 0 Å². The second-order valence-electron chi connectivity index (χ2n) is 4.91. The third-order valence-electron chi connectivity index (χ3n) is 3.38. The lowest BCUT2D eigenvalue weighted by molar-refractivity contribution is 0.402. The fourth-order valence-electron chi connectivity index (χ4n) is 2.20. The van der Waals surface area contributed by atoms with Crippen LogP contribution in [0.25, 0.3) is 5.65 Å². The molecule has 1 aromatic carbocycles. The molecule has 1 unspecified atom stereocenters. The molecule has 0 bridgehead atoms. The van der Waals surface area contributed by atoms with Crippen LogP contribution < -0.4 is 5.32 Å². The van der Waals surface area contributed by atoms with Gasteiger partial charge >= 0.3 is 0 Å². The summed E-state index contributed by atoms with van der Waals surface area (Å²) >= 11 is 0.